The first kappa shape index (κ1) is 22.9. The molecule has 0 saturated carbocycles. The van der Waals surface area contributed by atoms with Crippen molar-refractivity contribution in [3.8, 4) is 17.2 Å². The van der Waals surface area contributed by atoms with Crippen LogP contribution in [0.15, 0.2) is 33.9 Å². The molecule has 0 aliphatic rings. The van der Waals surface area contributed by atoms with Crippen LogP contribution in [0.5, 0.6) is 17.2 Å². The van der Waals surface area contributed by atoms with Crippen molar-refractivity contribution in [3.05, 3.63) is 56.5 Å². The SMILES string of the molecule is COc1cc(C=Cc2nc3c(c(=O)n(C)c(=O)n3C)n2C)cc(OC)c1OCC=CCN. The average Bonchev–Trinajstić information content (AvgIpc) is 3.13. The Morgan fingerprint density at radius 2 is 1.62 bits per heavy atom. The molecule has 0 fully saturated rings. The topological polar surface area (TPSA) is 116 Å². The highest BCUT2D eigenvalue weighted by Crippen LogP contribution is 2.39. The molecule has 0 amide bonds. The highest BCUT2D eigenvalue weighted by Gasteiger charge is 2.16. The van der Waals surface area contributed by atoms with Crippen molar-refractivity contribution in [1.29, 1.82) is 0 Å². The summed E-state index contributed by atoms with van der Waals surface area (Å²) in [5.41, 5.74) is 6.07. The van der Waals surface area contributed by atoms with Crippen LogP contribution in [0.2, 0.25) is 0 Å². The van der Waals surface area contributed by atoms with Crippen molar-refractivity contribution in [2.45, 2.75) is 0 Å². The zero-order valence-corrected chi connectivity index (χ0v) is 18.8. The number of imidazole rings is 1. The van der Waals surface area contributed by atoms with Gasteiger partial charge in [0.1, 0.15) is 12.4 Å². The van der Waals surface area contributed by atoms with Gasteiger partial charge in [-0.1, -0.05) is 18.2 Å². The second-order valence-corrected chi connectivity index (χ2v) is 7.01. The minimum absolute atomic E-state index is 0.324. The standard InChI is InChI=1S/C22H27N5O5/c1-25-17(24-20-18(25)21(28)27(3)22(29)26(20)2)9-8-14-12-15(30-4)19(16(13-14)31-5)32-11-7-6-10-23/h6-9,12-13H,10-11,23H2,1-5H3. The van der Waals surface area contributed by atoms with Gasteiger partial charge in [0.05, 0.1) is 14.2 Å². The highest BCUT2D eigenvalue weighted by atomic mass is 16.5. The zero-order valence-electron chi connectivity index (χ0n) is 18.8. The highest BCUT2D eigenvalue weighted by molar-refractivity contribution is 5.77. The van der Waals surface area contributed by atoms with Crippen LogP contribution in [0.25, 0.3) is 23.3 Å². The second-order valence-electron chi connectivity index (χ2n) is 7.01. The predicted octanol–water partition coefficient (Wildman–Crippen LogP) is 1.05. The Kier molecular flexibility index (Phi) is 6.84. The number of fused-ring (bicyclic) bond motifs is 1. The Bertz CT molecular complexity index is 1290. The average molecular weight is 441 g/mol. The maximum absolute atomic E-state index is 12.5. The molecule has 0 aliphatic heterocycles. The van der Waals surface area contributed by atoms with E-state index in [0.717, 1.165) is 10.1 Å². The number of aryl methyl sites for hydroxylation is 2. The summed E-state index contributed by atoms with van der Waals surface area (Å²) in [4.78, 5) is 29.2. The van der Waals surface area contributed by atoms with E-state index in [1.54, 1.807) is 57.2 Å². The number of hydrogen-bond donors (Lipinski definition) is 1. The van der Waals surface area contributed by atoms with Crippen molar-refractivity contribution < 1.29 is 14.2 Å². The molecule has 10 nitrogen and oxygen atoms in total. The van der Waals surface area contributed by atoms with Gasteiger partial charge in [0.2, 0.25) is 5.75 Å². The third-order valence-electron chi connectivity index (χ3n) is 5.04. The van der Waals surface area contributed by atoms with Gasteiger partial charge in [0, 0.05) is 27.7 Å². The number of ether oxygens (including phenoxy) is 3. The van der Waals surface area contributed by atoms with Crippen LogP contribution in [-0.4, -0.2) is 46.1 Å². The van der Waals surface area contributed by atoms with Crippen LogP contribution in [-0.2, 0) is 21.1 Å². The predicted molar refractivity (Wildman–Crippen MR) is 123 cm³/mol. The van der Waals surface area contributed by atoms with E-state index >= 15 is 0 Å². The number of aromatic nitrogens is 4. The fourth-order valence-electron chi connectivity index (χ4n) is 3.29. The van der Waals surface area contributed by atoms with Gasteiger partial charge in [0.15, 0.2) is 22.7 Å². The van der Waals surface area contributed by atoms with Crippen LogP contribution in [0.1, 0.15) is 11.4 Å². The van der Waals surface area contributed by atoms with Gasteiger partial charge in [-0.05, 0) is 23.8 Å². The molecule has 10 heteroatoms. The number of rotatable bonds is 8. The zero-order chi connectivity index (χ0) is 23.4. The summed E-state index contributed by atoms with van der Waals surface area (Å²) in [5, 5.41) is 0. The fourth-order valence-corrected chi connectivity index (χ4v) is 3.29. The van der Waals surface area contributed by atoms with Gasteiger partial charge >= 0.3 is 5.69 Å². The minimum atomic E-state index is -0.428. The van der Waals surface area contributed by atoms with E-state index in [0.29, 0.717) is 47.4 Å². The number of methoxy groups -OCH3 is 2. The van der Waals surface area contributed by atoms with Gasteiger partial charge in [-0.25, -0.2) is 9.78 Å². The molecule has 0 spiro atoms. The van der Waals surface area contributed by atoms with Crippen molar-refractivity contribution in [2.24, 2.45) is 26.9 Å². The lowest BCUT2D eigenvalue weighted by atomic mass is 10.1. The van der Waals surface area contributed by atoms with E-state index in [1.165, 1.54) is 11.6 Å². The Morgan fingerprint density at radius 3 is 2.22 bits per heavy atom. The van der Waals surface area contributed by atoms with Crippen molar-refractivity contribution in [3.63, 3.8) is 0 Å². The Morgan fingerprint density at radius 1 is 0.969 bits per heavy atom. The van der Waals surface area contributed by atoms with E-state index in [9.17, 15) is 9.59 Å². The Balaban J connectivity index is 2.02. The molecule has 3 aromatic rings. The summed E-state index contributed by atoms with van der Waals surface area (Å²) < 4.78 is 20.8. The quantitative estimate of drug-likeness (QED) is 0.520. The summed E-state index contributed by atoms with van der Waals surface area (Å²) in [6.07, 6.45) is 7.18. The summed E-state index contributed by atoms with van der Waals surface area (Å²) in [6, 6.07) is 3.61. The summed E-state index contributed by atoms with van der Waals surface area (Å²) >= 11 is 0. The van der Waals surface area contributed by atoms with Gasteiger partial charge < -0.3 is 24.5 Å². The molecule has 2 aromatic heterocycles. The molecule has 0 radical (unpaired) electrons. The lowest BCUT2D eigenvalue weighted by molar-refractivity contribution is 0.300. The molecule has 0 unspecified atom stereocenters. The van der Waals surface area contributed by atoms with Crippen molar-refractivity contribution >= 4 is 23.3 Å². The molecule has 2 N–H and O–H groups in total. The van der Waals surface area contributed by atoms with E-state index < -0.39 is 11.2 Å². The Labute approximate surface area is 184 Å². The molecular weight excluding hydrogens is 414 g/mol. The number of benzene rings is 1. The third-order valence-corrected chi connectivity index (χ3v) is 5.04. The molecule has 32 heavy (non-hydrogen) atoms. The molecule has 0 aliphatic carbocycles. The maximum Gasteiger partial charge on any atom is 0.332 e. The first-order valence-corrected chi connectivity index (χ1v) is 9.88. The first-order chi connectivity index (χ1) is 15.3. The normalized spacial score (nSPS) is 11.7. The van der Waals surface area contributed by atoms with Crippen molar-refractivity contribution in [2.75, 3.05) is 27.4 Å². The van der Waals surface area contributed by atoms with Crippen LogP contribution < -0.4 is 31.2 Å². The van der Waals surface area contributed by atoms with Crippen LogP contribution in [0.3, 0.4) is 0 Å². The van der Waals surface area contributed by atoms with Crippen LogP contribution >= 0.6 is 0 Å². The first-order valence-electron chi connectivity index (χ1n) is 9.88. The lowest BCUT2D eigenvalue weighted by Crippen LogP contribution is -2.37. The monoisotopic (exact) mass is 441 g/mol. The second kappa shape index (κ2) is 9.56. The Hall–Kier alpha value is -3.79. The van der Waals surface area contributed by atoms with Crippen molar-refractivity contribution in [1.82, 2.24) is 18.7 Å². The molecule has 0 atom stereocenters. The van der Waals surface area contributed by atoms with E-state index in [2.05, 4.69) is 4.98 Å². The molecule has 170 valence electrons. The molecule has 0 saturated heterocycles. The van der Waals surface area contributed by atoms with E-state index in [4.69, 9.17) is 19.9 Å². The van der Waals surface area contributed by atoms with Gasteiger partial charge in [-0.15, -0.1) is 0 Å². The van der Waals surface area contributed by atoms with Gasteiger partial charge in [-0.2, -0.15) is 0 Å². The fraction of sp³-hybridized carbons (Fsp3) is 0.318. The molecule has 3 rings (SSSR count). The van der Waals surface area contributed by atoms with Gasteiger partial charge in [-0.3, -0.25) is 13.9 Å². The molecule has 2 heterocycles. The smallest absolute Gasteiger partial charge is 0.332 e. The summed E-state index contributed by atoms with van der Waals surface area (Å²) in [7, 11) is 7.86. The lowest BCUT2D eigenvalue weighted by Gasteiger charge is -2.14. The van der Waals surface area contributed by atoms with Crippen LogP contribution in [0.4, 0.5) is 0 Å². The van der Waals surface area contributed by atoms with Crippen LogP contribution in [0, 0.1) is 0 Å². The number of nitrogens with zero attached hydrogens (tertiary/aromatic N) is 4. The van der Waals surface area contributed by atoms with E-state index in [-0.39, 0.29) is 0 Å². The summed E-state index contributed by atoms with van der Waals surface area (Å²) in [5.74, 6) is 2.01. The third kappa shape index (κ3) is 4.17. The largest absolute Gasteiger partial charge is 0.493 e. The number of nitrogens with two attached hydrogens (primary N) is 1. The number of hydrogen-bond acceptors (Lipinski definition) is 7. The molecule has 1 aromatic carbocycles. The molecular formula is C22H27N5O5. The maximum atomic E-state index is 12.5. The molecule has 0 bridgehead atoms. The summed E-state index contributed by atoms with van der Waals surface area (Å²) in [6.45, 7) is 0.760. The minimum Gasteiger partial charge on any atom is -0.493 e. The van der Waals surface area contributed by atoms with E-state index in [1.807, 2.05) is 12.2 Å². The van der Waals surface area contributed by atoms with Gasteiger partial charge in [0.25, 0.3) is 5.56 Å².